The maximum Gasteiger partial charge on any atom is 0.239 e. The van der Waals surface area contributed by atoms with Crippen LogP contribution < -0.4 is 5.73 Å². The predicted octanol–water partition coefficient (Wildman–Crippen LogP) is 3.94. The van der Waals surface area contributed by atoms with Gasteiger partial charge in [-0.15, -0.1) is 36.2 Å². The van der Waals surface area contributed by atoms with Crippen LogP contribution in [0.25, 0.3) is 10.4 Å². The Morgan fingerprint density at radius 2 is 2.00 bits per heavy atom. The minimum Gasteiger partial charge on any atom is -0.370 e. The number of ether oxygens (including phenoxy) is 1. The number of aromatic nitrogens is 2. The Bertz CT molecular complexity index is 1020. The zero-order chi connectivity index (χ0) is 20.6. The van der Waals surface area contributed by atoms with Crippen LogP contribution in [-0.4, -0.2) is 46.5 Å². The average molecular weight is 495 g/mol. The number of nitrogens with two attached hydrogens (primary N) is 1. The van der Waals surface area contributed by atoms with Crippen molar-refractivity contribution in [2.45, 2.75) is 37.3 Å². The second-order valence-electron chi connectivity index (χ2n) is 8.12. The van der Waals surface area contributed by atoms with E-state index in [1.807, 2.05) is 22.3 Å². The van der Waals surface area contributed by atoms with Crippen LogP contribution in [0.2, 0.25) is 0 Å². The van der Waals surface area contributed by atoms with Crippen LogP contribution in [0.5, 0.6) is 0 Å². The van der Waals surface area contributed by atoms with Crippen molar-refractivity contribution in [2.75, 3.05) is 19.7 Å². The summed E-state index contributed by atoms with van der Waals surface area (Å²) in [5.74, 6) is 0.00535. The molecule has 4 heterocycles. The normalized spacial score (nSPS) is 17.7. The molecule has 0 aliphatic carbocycles. The summed E-state index contributed by atoms with van der Waals surface area (Å²) in [6.45, 7) is 2.09. The zero-order valence-electron chi connectivity index (χ0n) is 17.7. The minimum absolute atomic E-state index is 0. The van der Waals surface area contributed by atoms with E-state index in [9.17, 15) is 4.79 Å². The SMILES string of the molecule is Cl.Cl.N[C@@H](Cc1cnc[nH]1)C(=O)N1CCC2(CC1)OCCc1sc(-c3ccccc3)cc12. The first-order chi connectivity index (χ1) is 14.6. The monoisotopic (exact) mass is 494 g/mol. The number of H-pyrrole nitrogens is 1. The highest BCUT2D eigenvalue weighted by molar-refractivity contribution is 7.15. The number of piperidine rings is 1. The lowest BCUT2D eigenvalue weighted by molar-refractivity contribution is -0.141. The summed E-state index contributed by atoms with van der Waals surface area (Å²) in [6.07, 6.45) is 6.40. The van der Waals surface area contributed by atoms with Crippen LogP contribution in [0.15, 0.2) is 48.9 Å². The third kappa shape index (κ3) is 4.72. The average Bonchev–Trinajstić information content (AvgIpc) is 3.45. The van der Waals surface area contributed by atoms with E-state index in [0.717, 1.165) is 31.6 Å². The lowest BCUT2D eigenvalue weighted by Gasteiger charge is -2.44. The Kier molecular flexibility index (Phi) is 8.01. The van der Waals surface area contributed by atoms with Gasteiger partial charge in [0.1, 0.15) is 0 Å². The van der Waals surface area contributed by atoms with Gasteiger partial charge in [-0.3, -0.25) is 4.79 Å². The molecule has 172 valence electrons. The molecular weight excluding hydrogens is 467 g/mol. The summed E-state index contributed by atoms with van der Waals surface area (Å²) in [6, 6.07) is 12.3. The Morgan fingerprint density at radius 3 is 2.69 bits per heavy atom. The van der Waals surface area contributed by atoms with Crippen molar-refractivity contribution in [3.63, 3.8) is 0 Å². The number of nitrogens with one attached hydrogen (secondary N) is 1. The number of nitrogens with zero attached hydrogens (tertiary/aromatic N) is 2. The van der Waals surface area contributed by atoms with Gasteiger partial charge >= 0.3 is 0 Å². The van der Waals surface area contributed by atoms with E-state index in [4.69, 9.17) is 10.5 Å². The molecule has 2 aromatic heterocycles. The van der Waals surface area contributed by atoms with Crippen molar-refractivity contribution in [1.29, 1.82) is 0 Å². The van der Waals surface area contributed by atoms with E-state index in [1.54, 1.807) is 12.5 Å². The first kappa shape index (κ1) is 24.7. The number of rotatable bonds is 4. The number of benzene rings is 1. The summed E-state index contributed by atoms with van der Waals surface area (Å²) in [5.41, 5.74) is 9.37. The topological polar surface area (TPSA) is 84.2 Å². The molecule has 1 aromatic carbocycles. The van der Waals surface area contributed by atoms with Crippen molar-refractivity contribution in [3.05, 3.63) is 65.1 Å². The molecule has 1 saturated heterocycles. The molecule has 2 aliphatic rings. The first-order valence-electron chi connectivity index (χ1n) is 10.5. The lowest BCUT2D eigenvalue weighted by atomic mass is 9.82. The Labute approximate surface area is 204 Å². The van der Waals surface area contributed by atoms with E-state index in [-0.39, 0.29) is 36.3 Å². The quantitative estimate of drug-likeness (QED) is 0.574. The molecule has 0 unspecified atom stereocenters. The van der Waals surface area contributed by atoms with Crippen LogP contribution in [0, 0.1) is 0 Å². The first-order valence-corrected chi connectivity index (χ1v) is 11.3. The molecule has 1 amide bonds. The summed E-state index contributed by atoms with van der Waals surface area (Å²) >= 11 is 1.88. The lowest BCUT2D eigenvalue weighted by Crippen LogP contribution is -2.52. The summed E-state index contributed by atoms with van der Waals surface area (Å²) in [5, 5.41) is 0. The Balaban J connectivity index is 0.00000144. The van der Waals surface area contributed by atoms with Gasteiger partial charge in [0, 0.05) is 47.6 Å². The molecule has 32 heavy (non-hydrogen) atoms. The van der Waals surface area contributed by atoms with Gasteiger partial charge in [0.05, 0.1) is 24.6 Å². The number of amides is 1. The zero-order valence-corrected chi connectivity index (χ0v) is 20.1. The van der Waals surface area contributed by atoms with Crippen molar-refractivity contribution in [1.82, 2.24) is 14.9 Å². The van der Waals surface area contributed by atoms with Crippen LogP contribution >= 0.6 is 36.2 Å². The third-order valence-corrected chi connectivity index (χ3v) is 7.50. The molecule has 0 radical (unpaired) electrons. The number of likely N-dealkylation sites (tertiary alicyclic amines) is 1. The number of carbonyl (C=O) groups excluding carboxylic acids is 1. The van der Waals surface area contributed by atoms with Crippen LogP contribution in [0.1, 0.15) is 29.0 Å². The maximum absolute atomic E-state index is 12.9. The molecule has 0 saturated carbocycles. The number of carbonyl (C=O) groups is 1. The molecule has 2 aliphatic heterocycles. The highest BCUT2D eigenvalue weighted by Crippen LogP contribution is 2.46. The summed E-state index contributed by atoms with van der Waals surface area (Å²) in [7, 11) is 0. The fraction of sp³-hybridized carbons (Fsp3) is 0.391. The molecular formula is C23H28Cl2N4O2S. The largest absolute Gasteiger partial charge is 0.370 e. The van der Waals surface area contributed by atoms with Crippen molar-refractivity contribution < 1.29 is 9.53 Å². The molecule has 9 heteroatoms. The number of halogens is 2. The molecule has 1 atom stereocenters. The van der Waals surface area contributed by atoms with Crippen molar-refractivity contribution in [2.24, 2.45) is 5.73 Å². The number of fused-ring (bicyclic) bond motifs is 2. The number of thiophene rings is 1. The molecule has 1 fully saturated rings. The van der Waals surface area contributed by atoms with Gasteiger partial charge < -0.3 is 20.4 Å². The van der Waals surface area contributed by atoms with Crippen molar-refractivity contribution >= 4 is 42.1 Å². The number of aromatic amines is 1. The van der Waals surface area contributed by atoms with E-state index in [0.29, 0.717) is 19.5 Å². The minimum atomic E-state index is -0.548. The van der Waals surface area contributed by atoms with Gasteiger partial charge in [-0.25, -0.2) is 4.98 Å². The Hall–Kier alpha value is -1.90. The number of hydrogen-bond acceptors (Lipinski definition) is 5. The van der Waals surface area contributed by atoms with Crippen molar-refractivity contribution in [3.8, 4) is 10.4 Å². The summed E-state index contributed by atoms with van der Waals surface area (Å²) in [4.78, 5) is 24.5. The van der Waals surface area contributed by atoms with Gasteiger partial charge in [-0.2, -0.15) is 0 Å². The molecule has 3 aromatic rings. The second-order valence-corrected chi connectivity index (χ2v) is 9.26. The van der Waals surface area contributed by atoms with Crippen LogP contribution in [0.3, 0.4) is 0 Å². The van der Waals surface area contributed by atoms with E-state index >= 15 is 0 Å². The number of hydrogen-bond donors (Lipinski definition) is 2. The molecule has 5 rings (SSSR count). The van der Waals surface area contributed by atoms with Gasteiger partial charge in [0.15, 0.2) is 0 Å². The smallest absolute Gasteiger partial charge is 0.239 e. The van der Waals surface area contributed by atoms with E-state index in [2.05, 4.69) is 40.3 Å². The van der Waals surface area contributed by atoms with E-state index < -0.39 is 6.04 Å². The Morgan fingerprint density at radius 1 is 1.25 bits per heavy atom. The fourth-order valence-electron chi connectivity index (χ4n) is 4.62. The highest BCUT2D eigenvalue weighted by Gasteiger charge is 2.43. The van der Waals surface area contributed by atoms with Gasteiger partial charge in [0.25, 0.3) is 0 Å². The molecule has 6 nitrogen and oxygen atoms in total. The van der Waals surface area contributed by atoms with Gasteiger partial charge in [-0.05, 0) is 30.0 Å². The second kappa shape index (κ2) is 10.4. The third-order valence-electron chi connectivity index (χ3n) is 6.26. The maximum atomic E-state index is 12.9. The molecule has 3 N–H and O–H groups in total. The highest BCUT2D eigenvalue weighted by atomic mass is 35.5. The van der Waals surface area contributed by atoms with E-state index in [1.165, 1.54) is 20.9 Å². The van der Waals surface area contributed by atoms with Crippen LogP contribution in [0.4, 0.5) is 0 Å². The molecule has 0 bridgehead atoms. The number of imidazole rings is 1. The van der Waals surface area contributed by atoms with Gasteiger partial charge in [0.2, 0.25) is 5.91 Å². The molecule has 1 spiro atoms. The standard InChI is InChI=1S/C23H26N4O2S.2ClH/c24-19(12-17-14-25-15-26-17)22(28)27-9-7-23(8-10-27)18-13-21(16-4-2-1-3-5-16)30-20(18)6-11-29-23;;/h1-5,13-15,19H,6-12,24H2,(H,25,26);2*1H/t19-;;/m0../s1. The predicted molar refractivity (Wildman–Crippen MR) is 132 cm³/mol. The van der Waals surface area contributed by atoms with Crippen LogP contribution in [-0.2, 0) is 28.0 Å². The summed E-state index contributed by atoms with van der Waals surface area (Å²) < 4.78 is 6.38. The van der Waals surface area contributed by atoms with Gasteiger partial charge in [-0.1, -0.05) is 30.3 Å². The fourth-order valence-corrected chi connectivity index (χ4v) is 5.86.